The van der Waals surface area contributed by atoms with Crippen LogP contribution in [0, 0.1) is 0 Å². The number of nitrogens with one attached hydrogen (secondary N) is 1. The Morgan fingerprint density at radius 3 is 2.79 bits per heavy atom. The number of hydrogen-bond donors (Lipinski definition) is 2. The van der Waals surface area contributed by atoms with E-state index < -0.39 is 5.60 Å². The third-order valence-electron chi connectivity index (χ3n) is 4.48. The van der Waals surface area contributed by atoms with E-state index in [1.54, 1.807) is 0 Å². The first-order valence-corrected chi connectivity index (χ1v) is 7.53. The van der Waals surface area contributed by atoms with Gasteiger partial charge in [-0.15, -0.1) is 0 Å². The molecular weight excluding hydrogens is 236 g/mol. The summed E-state index contributed by atoms with van der Waals surface area (Å²) in [6, 6.07) is 8.69. The van der Waals surface area contributed by atoms with E-state index in [4.69, 9.17) is 0 Å². The molecule has 104 valence electrons. The monoisotopic (exact) mass is 260 g/mol. The number of hydrogen-bond acceptors (Lipinski definition) is 3. The lowest BCUT2D eigenvalue weighted by Gasteiger charge is -2.38. The van der Waals surface area contributed by atoms with Crippen LogP contribution in [0.2, 0.25) is 0 Å². The van der Waals surface area contributed by atoms with Crippen molar-refractivity contribution in [3.63, 3.8) is 0 Å². The second-order valence-electron chi connectivity index (χ2n) is 5.98. The highest BCUT2D eigenvalue weighted by Crippen LogP contribution is 2.29. The molecule has 0 aliphatic carbocycles. The van der Waals surface area contributed by atoms with Crippen molar-refractivity contribution in [1.82, 2.24) is 5.32 Å². The molecule has 0 atom stereocenters. The Morgan fingerprint density at radius 1 is 1.16 bits per heavy atom. The molecule has 3 nitrogen and oxygen atoms in total. The zero-order valence-electron chi connectivity index (χ0n) is 11.6. The molecule has 3 rings (SSSR count). The number of fused-ring (bicyclic) bond motifs is 1. The molecule has 1 fully saturated rings. The molecule has 0 saturated carbocycles. The first kappa shape index (κ1) is 12.9. The Bertz CT molecular complexity index is 427. The highest BCUT2D eigenvalue weighted by molar-refractivity contribution is 5.54. The molecule has 2 aliphatic heterocycles. The fourth-order valence-electron chi connectivity index (χ4n) is 3.34. The molecule has 0 bridgehead atoms. The SMILES string of the molecule is OC1(CN2CCCCc3ccccc32)CCNCC1. The summed E-state index contributed by atoms with van der Waals surface area (Å²) < 4.78 is 0. The predicted molar refractivity (Wildman–Crippen MR) is 78.6 cm³/mol. The van der Waals surface area contributed by atoms with Crippen LogP contribution in [0.4, 0.5) is 5.69 Å². The van der Waals surface area contributed by atoms with E-state index in [0.717, 1.165) is 39.0 Å². The summed E-state index contributed by atoms with van der Waals surface area (Å²) in [6.45, 7) is 3.73. The molecule has 2 heterocycles. The van der Waals surface area contributed by atoms with Gasteiger partial charge in [0.1, 0.15) is 0 Å². The van der Waals surface area contributed by atoms with Gasteiger partial charge in [-0.2, -0.15) is 0 Å². The number of rotatable bonds is 2. The third kappa shape index (κ3) is 2.93. The lowest BCUT2D eigenvalue weighted by molar-refractivity contribution is 0.0174. The lowest BCUT2D eigenvalue weighted by atomic mass is 9.91. The molecule has 0 unspecified atom stereocenters. The molecule has 0 radical (unpaired) electrons. The van der Waals surface area contributed by atoms with Crippen molar-refractivity contribution in [3.05, 3.63) is 29.8 Å². The van der Waals surface area contributed by atoms with E-state index in [1.165, 1.54) is 30.5 Å². The van der Waals surface area contributed by atoms with Crippen LogP contribution in [0.3, 0.4) is 0 Å². The van der Waals surface area contributed by atoms with Gasteiger partial charge in [0, 0.05) is 18.8 Å². The van der Waals surface area contributed by atoms with Gasteiger partial charge in [-0.1, -0.05) is 18.2 Å². The number of β-amino-alcohol motifs (C(OH)–C–C–N with tert-alkyl or cyclic N) is 1. The van der Waals surface area contributed by atoms with Crippen molar-refractivity contribution in [3.8, 4) is 0 Å². The number of anilines is 1. The maximum Gasteiger partial charge on any atom is 0.0845 e. The van der Waals surface area contributed by atoms with Crippen LogP contribution in [0.5, 0.6) is 0 Å². The minimum Gasteiger partial charge on any atom is -0.388 e. The number of piperidine rings is 1. The number of benzene rings is 1. The normalized spacial score (nSPS) is 22.7. The highest BCUT2D eigenvalue weighted by Gasteiger charge is 2.32. The first-order valence-electron chi connectivity index (χ1n) is 7.53. The standard InChI is InChI=1S/C16H24N2O/c19-16(8-10-17-11-9-16)13-18-12-4-3-6-14-5-1-2-7-15(14)18/h1-2,5,7,17,19H,3-4,6,8-13H2. The topological polar surface area (TPSA) is 35.5 Å². The van der Waals surface area contributed by atoms with Gasteiger partial charge in [-0.05, 0) is 56.8 Å². The summed E-state index contributed by atoms with van der Waals surface area (Å²) in [6.07, 6.45) is 5.39. The maximum atomic E-state index is 10.8. The van der Waals surface area contributed by atoms with Gasteiger partial charge in [-0.3, -0.25) is 0 Å². The van der Waals surface area contributed by atoms with Crippen molar-refractivity contribution >= 4 is 5.69 Å². The molecular formula is C16H24N2O. The zero-order chi connectivity index (χ0) is 13.1. The number of aliphatic hydroxyl groups is 1. The van der Waals surface area contributed by atoms with Crippen molar-refractivity contribution in [2.75, 3.05) is 31.1 Å². The van der Waals surface area contributed by atoms with Crippen molar-refractivity contribution in [1.29, 1.82) is 0 Å². The van der Waals surface area contributed by atoms with E-state index in [1.807, 2.05) is 0 Å². The molecule has 19 heavy (non-hydrogen) atoms. The van der Waals surface area contributed by atoms with E-state index in [0.29, 0.717) is 0 Å². The fourth-order valence-corrected chi connectivity index (χ4v) is 3.34. The molecule has 0 amide bonds. The summed E-state index contributed by atoms with van der Waals surface area (Å²) >= 11 is 0. The van der Waals surface area contributed by atoms with Gasteiger partial charge in [-0.25, -0.2) is 0 Å². The largest absolute Gasteiger partial charge is 0.388 e. The third-order valence-corrected chi connectivity index (χ3v) is 4.48. The summed E-state index contributed by atoms with van der Waals surface area (Å²) in [5, 5.41) is 14.1. The minimum absolute atomic E-state index is 0.511. The molecule has 2 N–H and O–H groups in total. The van der Waals surface area contributed by atoms with Gasteiger partial charge in [0.2, 0.25) is 0 Å². The van der Waals surface area contributed by atoms with Crippen LogP contribution in [0.15, 0.2) is 24.3 Å². The lowest BCUT2D eigenvalue weighted by Crippen LogP contribution is -2.50. The van der Waals surface area contributed by atoms with Gasteiger partial charge in [0.05, 0.1) is 5.60 Å². The van der Waals surface area contributed by atoms with Crippen LogP contribution < -0.4 is 10.2 Å². The summed E-state index contributed by atoms with van der Waals surface area (Å²) in [5.41, 5.74) is 2.27. The predicted octanol–water partition coefficient (Wildman–Crippen LogP) is 1.94. The molecule has 0 spiro atoms. The fraction of sp³-hybridized carbons (Fsp3) is 0.625. The second-order valence-corrected chi connectivity index (χ2v) is 5.98. The first-order chi connectivity index (χ1) is 9.27. The van der Waals surface area contributed by atoms with E-state index >= 15 is 0 Å². The van der Waals surface area contributed by atoms with Crippen LogP contribution in [0.25, 0.3) is 0 Å². The number of nitrogens with zero attached hydrogens (tertiary/aromatic N) is 1. The van der Waals surface area contributed by atoms with Gasteiger partial charge in [0.25, 0.3) is 0 Å². The number of aryl methyl sites for hydroxylation is 1. The Morgan fingerprint density at radius 2 is 1.95 bits per heavy atom. The quantitative estimate of drug-likeness (QED) is 0.853. The summed E-state index contributed by atoms with van der Waals surface area (Å²) in [4.78, 5) is 2.41. The Kier molecular flexibility index (Phi) is 3.76. The van der Waals surface area contributed by atoms with E-state index in [-0.39, 0.29) is 0 Å². The Labute approximate surface area is 115 Å². The zero-order valence-corrected chi connectivity index (χ0v) is 11.6. The van der Waals surface area contributed by atoms with Crippen LogP contribution in [-0.2, 0) is 6.42 Å². The van der Waals surface area contributed by atoms with Gasteiger partial charge in [0.15, 0.2) is 0 Å². The van der Waals surface area contributed by atoms with Crippen molar-refractivity contribution < 1.29 is 5.11 Å². The average molecular weight is 260 g/mol. The average Bonchev–Trinajstić information content (AvgIpc) is 2.62. The Hall–Kier alpha value is -1.06. The summed E-state index contributed by atoms with van der Waals surface area (Å²) in [7, 11) is 0. The van der Waals surface area contributed by atoms with E-state index in [9.17, 15) is 5.11 Å². The molecule has 2 aliphatic rings. The number of para-hydroxylation sites is 1. The second kappa shape index (κ2) is 5.51. The van der Waals surface area contributed by atoms with Crippen LogP contribution in [0.1, 0.15) is 31.2 Å². The smallest absolute Gasteiger partial charge is 0.0845 e. The van der Waals surface area contributed by atoms with Crippen molar-refractivity contribution in [2.45, 2.75) is 37.7 Å². The minimum atomic E-state index is -0.511. The van der Waals surface area contributed by atoms with Crippen molar-refractivity contribution in [2.24, 2.45) is 0 Å². The Balaban J connectivity index is 1.80. The molecule has 3 heteroatoms. The maximum absolute atomic E-state index is 10.8. The van der Waals surface area contributed by atoms with E-state index in [2.05, 4.69) is 34.5 Å². The molecule has 1 saturated heterocycles. The molecule has 1 aromatic carbocycles. The van der Waals surface area contributed by atoms with Gasteiger partial charge >= 0.3 is 0 Å². The molecule has 1 aromatic rings. The van der Waals surface area contributed by atoms with Crippen LogP contribution >= 0.6 is 0 Å². The molecule has 0 aromatic heterocycles. The highest BCUT2D eigenvalue weighted by atomic mass is 16.3. The van der Waals surface area contributed by atoms with Crippen LogP contribution in [-0.4, -0.2) is 36.9 Å². The van der Waals surface area contributed by atoms with Gasteiger partial charge < -0.3 is 15.3 Å². The summed E-state index contributed by atoms with van der Waals surface area (Å²) in [5.74, 6) is 0.